The Kier molecular flexibility index (Phi) is 5.82. The third-order valence-electron chi connectivity index (χ3n) is 4.56. The van der Waals surface area contributed by atoms with Crippen LogP contribution in [-0.2, 0) is 19.4 Å². The van der Waals surface area contributed by atoms with Gasteiger partial charge in [0.05, 0.1) is 37.3 Å². The summed E-state index contributed by atoms with van der Waals surface area (Å²) in [4.78, 5) is 21.6. The minimum absolute atomic E-state index is 0.0887. The molecule has 0 saturated heterocycles. The van der Waals surface area contributed by atoms with Gasteiger partial charge in [-0.25, -0.2) is 4.98 Å². The fourth-order valence-electron chi connectivity index (χ4n) is 3.28. The molecule has 0 aliphatic heterocycles. The number of thiophene rings is 1. The van der Waals surface area contributed by atoms with E-state index in [1.807, 2.05) is 11.5 Å². The van der Waals surface area contributed by atoms with Crippen molar-refractivity contribution in [3.05, 3.63) is 20.8 Å². The summed E-state index contributed by atoms with van der Waals surface area (Å²) in [6.07, 6.45) is 5.35. The van der Waals surface area contributed by atoms with Crippen LogP contribution in [0.15, 0.2) is 9.95 Å². The average molecular weight is 378 g/mol. The summed E-state index contributed by atoms with van der Waals surface area (Å²) in [6.45, 7) is 3.52. The predicted molar refractivity (Wildman–Crippen MR) is 104 cm³/mol. The molecule has 7 heteroatoms. The van der Waals surface area contributed by atoms with Gasteiger partial charge in [0.1, 0.15) is 4.83 Å². The molecule has 134 valence electrons. The van der Waals surface area contributed by atoms with Gasteiger partial charge in [-0.3, -0.25) is 9.36 Å². The zero-order chi connectivity index (χ0) is 18.0. The molecular weight excluding hydrogens is 352 g/mol. The molecule has 2 heterocycles. The maximum Gasteiger partial charge on any atom is 0.263 e. The standard InChI is InChI=1S/C18H24N4OS2/c1-12(11-19)24-18-20-16-15(13-7-4-5-8-14(13)25-16)17(23)22(18)10-6-9-21(2)3/h12H,4-10H2,1-3H3/p+1/t12-/m1/s1. The molecule has 3 rings (SSSR count). The monoisotopic (exact) mass is 377 g/mol. The fraction of sp³-hybridized carbons (Fsp3) is 0.611. The lowest BCUT2D eigenvalue weighted by molar-refractivity contribution is -0.858. The first-order valence-corrected chi connectivity index (χ1v) is 10.6. The molecule has 0 amide bonds. The Labute approximate surface area is 156 Å². The van der Waals surface area contributed by atoms with Crippen LogP contribution in [0.25, 0.3) is 10.2 Å². The Hall–Kier alpha value is -1.36. The molecule has 0 unspecified atom stereocenters. The van der Waals surface area contributed by atoms with Crippen molar-refractivity contribution >= 4 is 33.3 Å². The zero-order valence-corrected chi connectivity index (χ0v) is 16.7. The Morgan fingerprint density at radius 3 is 2.88 bits per heavy atom. The number of thioether (sulfide) groups is 1. The molecule has 25 heavy (non-hydrogen) atoms. The van der Waals surface area contributed by atoms with E-state index in [4.69, 9.17) is 10.2 Å². The molecule has 1 N–H and O–H groups in total. The van der Waals surface area contributed by atoms with E-state index in [0.717, 1.165) is 42.4 Å². The van der Waals surface area contributed by atoms with E-state index in [1.54, 1.807) is 11.3 Å². The van der Waals surface area contributed by atoms with Gasteiger partial charge < -0.3 is 4.90 Å². The number of nitrogens with zero attached hydrogens (tertiary/aromatic N) is 3. The SMILES string of the molecule is C[C@H](C#N)Sc1nc2sc3c(c2c(=O)n1CCC[NH+](C)C)CCCC3. The molecule has 2 aromatic heterocycles. The van der Waals surface area contributed by atoms with Crippen LogP contribution in [0.1, 0.15) is 36.6 Å². The summed E-state index contributed by atoms with van der Waals surface area (Å²) in [5.41, 5.74) is 1.33. The van der Waals surface area contributed by atoms with Crippen LogP contribution in [0, 0.1) is 11.3 Å². The van der Waals surface area contributed by atoms with Crippen molar-refractivity contribution in [3.8, 4) is 6.07 Å². The zero-order valence-electron chi connectivity index (χ0n) is 15.1. The number of hydrogen-bond donors (Lipinski definition) is 1. The van der Waals surface area contributed by atoms with Crippen molar-refractivity contribution in [1.82, 2.24) is 9.55 Å². The molecule has 1 aliphatic rings. The first kappa shape index (κ1) is 18.4. The van der Waals surface area contributed by atoms with Crippen molar-refractivity contribution in [2.24, 2.45) is 0 Å². The average Bonchev–Trinajstić information content (AvgIpc) is 2.95. The summed E-state index contributed by atoms with van der Waals surface area (Å²) in [5, 5.41) is 10.5. The van der Waals surface area contributed by atoms with Crippen molar-refractivity contribution in [2.45, 2.75) is 56.0 Å². The Morgan fingerprint density at radius 2 is 2.16 bits per heavy atom. The van der Waals surface area contributed by atoms with E-state index < -0.39 is 0 Å². The largest absolute Gasteiger partial charge is 0.340 e. The van der Waals surface area contributed by atoms with E-state index in [0.29, 0.717) is 11.7 Å². The van der Waals surface area contributed by atoms with Crippen molar-refractivity contribution < 1.29 is 4.90 Å². The Bertz CT molecular complexity index is 863. The minimum atomic E-state index is -0.218. The van der Waals surface area contributed by atoms with Crippen molar-refractivity contribution in [1.29, 1.82) is 5.26 Å². The summed E-state index contributed by atoms with van der Waals surface area (Å²) in [7, 11) is 4.24. The number of aromatic nitrogens is 2. The second kappa shape index (κ2) is 7.90. The van der Waals surface area contributed by atoms with Gasteiger partial charge in [0.2, 0.25) is 0 Å². The Balaban J connectivity index is 2.07. The van der Waals surface area contributed by atoms with Crippen molar-refractivity contribution in [3.63, 3.8) is 0 Å². The van der Waals surface area contributed by atoms with Gasteiger partial charge >= 0.3 is 0 Å². The first-order valence-electron chi connectivity index (χ1n) is 8.91. The lowest BCUT2D eigenvalue weighted by atomic mass is 9.97. The number of nitrogens with one attached hydrogen (secondary N) is 1. The topological polar surface area (TPSA) is 63.1 Å². The van der Waals surface area contributed by atoms with Gasteiger partial charge in [0, 0.05) is 17.8 Å². The van der Waals surface area contributed by atoms with Gasteiger partial charge in [-0.2, -0.15) is 5.26 Å². The normalized spacial score (nSPS) is 15.3. The molecule has 0 saturated carbocycles. The minimum Gasteiger partial charge on any atom is -0.340 e. The van der Waals surface area contributed by atoms with Crippen LogP contribution in [0.2, 0.25) is 0 Å². The molecule has 0 fully saturated rings. The smallest absolute Gasteiger partial charge is 0.263 e. The number of rotatable bonds is 6. The highest BCUT2D eigenvalue weighted by molar-refractivity contribution is 8.00. The number of quaternary nitrogens is 1. The van der Waals surface area contributed by atoms with Gasteiger partial charge in [-0.1, -0.05) is 11.8 Å². The van der Waals surface area contributed by atoms with Gasteiger partial charge in [-0.05, 0) is 38.2 Å². The van der Waals surface area contributed by atoms with Crippen molar-refractivity contribution in [2.75, 3.05) is 20.6 Å². The second-order valence-corrected chi connectivity index (χ2v) is 9.33. The number of aryl methyl sites for hydroxylation is 2. The summed E-state index contributed by atoms with van der Waals surface area (Å²) >= 11 is 3.07. The number of nitriles is 1. The van der Waals surface area contributed by atoms with E-state index in [-0.39, 0.29) is 10.8 Å². The first-order chi connectivity index (χ1) is 12.0. The molecule has 5 nitrogen and oxygen atoms in total. The maximum atomic E-state index is 13.3. The highest BCUT2D eigenvalue weighted by Gasteiger charge is 2.22. The van der Waals surface area contributed by atoms with Crippen LogP contribution in [0.4, 0.5) is 0 Å². The predicted octanol–water partition coefficient (Wildman–Crippen LogP) is 1.88. The molecule has 2 aromatic rings. The third kappa shape index (κ3) is 3.91. The molecule has 1 atom stereocenters. The highest BCUT2D eigenvalue weighted by atomic mass is 32.2. The quantitative estimate of drug-likeness (QED) is 0.617. The molecule has 0 aromatic carbocycles. The van der Waals surface area contributed by atoms with Gasteiger partial charge in [0.25, 0.3) is 5.56 Å². The van der Waals surface area contributed by atoms with Crippen LogP contribution >= 0.6 is 23.1 Å². The maximum absolute atomic E-state index is 13.3. The lowest BCUT2D eigenvalue weighted by Gasteiger charge is -2.14. The van der Waals surface area contributed by atoms with Crippen LogP contribution in [0.5, 0.6) is 0 Å². The number of fused-ring (bicyclic) bond motifs is 3. The van der Waals surface area contributed by atoms with E-state index in [2.05, 4.69) is 20.2 Å². The van der Waals surface area contributed by atoms with Gasteiger partial charge in [-0.15, -0.1) is 11.3 Å². The van der Waals surface area contributed by atoms with E-state index >= 15 is 0 Å². The van der Waals surface area contributed by atoms with E-state index in [1.165, 1.54) is 33.5 Å². The lowest BCUT2D eigenvalue weighted by Crippen LogP contribution is -3.05. The summed E-state index contributed by atoms with van der Waals surface area (Å²) in [6, 6.07) is 2.24. The summed E-state index contributed by atoms with van der Waals surface area (Å²) < 4.78 is 1.81. The Morgan fingerprint density at radius 1 is 1.40 bits per heavy atom. The number of hydrogen-bond acceptors (Lipinski definition) is 5. The highest BCUT2D eigenvalue weighted by Crippen LogP contribution is 2.35. The molecule has 0 bridgehead atoms. The van der Waals surface area contributed by atoms with E-state index in [9.17, 15) is 4.79 Å². The fourth-order valence-corrected chi connectivity index (χ4v) is 5.41. The molecular formula is C18H25N4OS2+. The molecule has 1 aliphatic carbocycles. The third-order valence-corrected chi connectivity index (χ3v) is 6.73. The van der Waals surface area contributed by atoms with Gasteiger partial charge in [0.15, 0.2) is 5.16 Å². The second-order valence-electron chi connectivity index (χ2n) is 6.94. The van der Waals surface area contributed by atoms with Crippen LogP contribution in [-0.4, -0.2) is 35.4 Å². The molecule has 0 spiro atoms. The summed E-state index contributed by atoms with van der Waals surface area (Å²) in [5.74, 6) is 0. The van der Waals surface area contributed by atoms with Crippen LogP contribution < -0.4 is 10.5 Å². The molecule has 0 radical (unpaired) electrons. The van der Waals surface area contributed by atoms with Crippen LogP contribution in [0.3, 0.4) is 0 Å².